The molecule has 0 heterocycles. The Hall–Kier alpha value is -2.70. The zero-order valence-electron chi connectivity index (χ0n) is 16.3. The Morgan fingerprint density at radius 3 is 2.21 bits per heavy atom. The van der Waals surface area contributed by atoms with Crippen LogP contribution >= 0.6 is 0 Å². The number of hydrogen-bond donors (Lipinski definition) is 2. The van der Waals surface area contributed by atoms with Crippen LogP contribution in [0.2, 0.25) is 0 Å². The molecule has 1 aliphatic carbocycles. The van der Waals surface area contributed by atoms with Gasteiger partial charge in [0.1, 0.15) is 5.75 Å². The maximum atomic E-state index is 12.4. The molecule has 3 rings (SSSR count). The Bertz CT molecular complexity index is 796. The van der Waals surface area contributed by atoms with Gasteiger partial charge in [-0.1, -0.05) is 29.8 Å². The number of carbonyl (C=O) groups is 1. The molecule has 7 heteroatoms. The van der Waals surface area contributed by atoms with E-state index in [1.54, 1.807) is 0 Å². The Labute approximate surface area is 168 Å². The normalized spacial score (nSPS) is 19.4. The maximum absolute atomic E-state index is 12.4. The van der Waals surface area contributed by atoms with E-state index in [1.807, 2.05) is 31.2 Å². The number of anilines is 1. The van der Waals surface area contributed by atoms with Crippen molar-refractivity contribution in [1.29, 1.82) is 0 Å². The van der Waals surface area contributed by atoms with Gasteiger partial charge in [0.15, 0.2) is 0 Å². The summed E-state index contributed by atoms with van der Waals surface area (Å²) in [5.74, 6) is 0.860. The molecule has 2 aromatic carbocycles. The number of amides is 2. The summed E-state index contributed by atoms with van der Waals surface area (Å²) in [6, 6.07) is 13.4. The van der Waals surface area contributed by atoms with Crippen LogP contribution in [0.1, 0.15) is 36.8 Å². The summed E-state index contributed by atoms with van der Waals surface area (Å²) in [4.78, 5) is 12.2. The van der Waals surface area contributed by atoms with E-state index >= 15 is 0 Å². The summed E-state index contributed by atoms with van der Waals surface area (Å²) in [7, 11) is 0. The van der Waals surface area contributed by atoms with Gasteiger partial charge in [0, 0.05) is 11.7 Å². The van der Waals surface area contributed by atoms with E-state index in [4.69, 9.17) is 4.74 Å². The molecule has 2 amide bonds. The second kappa shape index (κ2) is 9.20. The van der Waals surface area contributed by atoms with E-state index in [1.165, 1.54) is 29.8 Å². The summed E-state index contributed by atoms with van der Waals surface area (Å²) >= 11 is 0. The molecule has 2 N–H and O–H groups in total. The average Bonchev–Trinajstić information content (AvgIpc) is 2.66. The van der Waals surface area contributed by atoms with Gasteiger partial charge in [0.2, 0.25) is 0 Å². The molecule has 0 unspecified atom stereocenters. The number of urea groups is 1. The van der Waals surface area contributed by atoms with Crippen molar-refractivity contribution in [3.05, 3.63) is 59.7 Å². The quantitative estimate of drug-likeness (QED) is 0.678. The highest BCUT2D eigenvalue weighted by Gasteiger charge is 2.27. The van der Waals surface area contributed by atoms with Gasteiger partial charge in [0.25, 0.3) is 0 Å². The minimum atomic E-state index is -4.24. The molecule has 1 saturated carbocycles. The minimum Gasteiger partial charge on any atom is -0.490 e. The molecular weight excluding hydrogens is 381 g/mol. The zero-order chi connectivity index (χ0) is 20.9. The molecule has 2 aromatic rings. The zero-order valence-corrected chi connectivity index (χ0v) is 16.3. The van der Waals surface area contributed by atoms with Crippen molar-refractivity contribution in [2.24, 2.45) is 0 Å². The molecule has 1 aliphatic rings. The highest BCUT2D eigenvalue weighted by molar-refractivity contribution is 5.89. The lowest BCUT2D eigenvalue weighted by atomic mass is 9.93. The van der Waals surface area contributed by atoms with Crippen LogP contribution in [-0.2, 0) is 6.42 Å². The van der Waals surface area contributed by atoms with Crippen molar-refractivity contribution < 1.29 is 22.7 Å². The second-order valence-corrected chi connectivity index (χ2v) is 7.49. The lowest BCUT2D eigenvalue weighted by Gasteiger charge is -2.29. The molecule has 0 aliphatic heterocycles. The van der Waals surface area contributed by atoms with Crippen LogP contribution in [0.15, 0.2) is 48.5 Å². The summed E-state index contributed by atoms with van der Waals surface area (Å²) in [6.45, 7) is 2.03. The van der Waals surface area contributed by atoms with Crippen molar-refractivity contribution >= 4 is 11.7 Å². The number of benzene rings is 2. The van der Waals surface area contributed by atoms with Crippen LogP contribution in [0, 0.1) is 6.92 Å². The molecule has 0 saturated heterocycles. The predicted molar refractivity (Wildman–Crippen MR) is 106 cm³/mol. The third-order valence-electron chi connectivity index (χ3n) is 4.95. The summed E-state index contributed by atoms with van der Waals surface area (Å²) in [6.07, 6.45) is -1.75. The fourth-order valence-electron chi connectivity index (χ4n) is 3.42. The van der Waals surface area contributed by atoms with Gasteiger partial charge in [0.05, 0.1) is 12.5 Å². The largest absolute Gasteiger partial charge is 0.490 e. The SMILES string of the molecule is Cc1ccc(O[C@H]2CC[C@H](NC(=O)Nc3ccc(CC(F)(F)F)cc3)CC2)cc1. The van der Waals surface area contributed by atoms with E-state index in [9.17, 15) is 18.0 Å². The summed E-state index contributed by atoms with van der Waals surface area (Å²) in [5, 5.41) is 5.60. The third-order valence-corrected chi connectivity index (χ3v) is 4.95. The second-order valence-electron chi connectivity index (χ2n) is 7.49. The number of aryl methyl sites for hydroxylation is 1. The van der Waals surface area contributed by atoms with Gasteiger partial charge in [-0.05, 0) is 62.4 Å². The predicted octanol–water partition coefficient (Wildman–Crippen LogP) is 5.61. The first kappa shape index (κ1) is 21.0. The standard InChI is InChI=1S/C22H25F3N2O2/c1-15-2-10-19(11-3-15)29-20-12-8-18(9-13-20)27-21(28)26-17-6-4-16(5-7-17)14-22(23,24)25/h2-7,10-11,18,20H,8-9,12-14H2,1H3,(H2,26,27,28)/t18-,20-. The molecule has 0 bridgehead atoms. The Morgan fingerprint density at radius 2 is 1.62 bits per heavy atom. The molecule has 0 spiro atoms. The van der Waals surface area contributed by atoms with Gasteiger partial charge in [-0.2, -0.15) is 13.2 Å². The number of alkyl halides is 3. The van der Waals surface area contributed by atoms with E-state index < -0.39 is 12.6 Å². The fourth-order valence-corrected chi connectivity index (χ4v) is 3.42. The Balaban J connectivity index is 1.41. The number of nitrogens with one attached hydrogen (secondary N) is 2. The fraction of sp³-hybridized carbons (Fsp3) is 0.409. The van der Waals surface area contributed by atoms with Crippen LogP contribution in [0.3, 0.4) is 0 Å². The van der Waals surface area contributed by atoms with Gasteiger partial charge in [-0.3, -0.25) is 0 Å². The van der Waals surface area contributed by atoms with E-state index in [-0.39, 0.29) is 23.7 Å². The van der Waals surface area contributed by atoms with Gasteiger partial charge < -0.3 is 15.4 Å². The molecule has 1 fully saturated rings. The van der Waals surface area contributed by atoms with Gasteiger partial charge in [-0.25, -0.2) is 4.79 Å². The van der Waals surface area contributed by atoms with Gasteiger partial charge in [-0.15, -0.1) is 0 Å². The highest BCUT2D eigenvalue weighted by Crippen LogP contribution is 2.25. The number of rotatable bonds is 5. The van der Waals surface area contributed by atoms with Crippen LogP contribution in [-0.4, -0.2) is 24.4 Å². The number of halogens is 3. The number of ether oxygens (including phenoxy) is 1. The van der Waals surface area contributed by atoms with Crippen molar-refractivity contribution in [3.8, 4) is 5.75 Å². The average molecular weight is 406 g/mol. The topological polar surface area (TPSA) is 50.4 Å². The lowest BCUT2D eigenvalue weighted by molar-refractivity contribution is -0.127. The Kier molecular flexibility index (Phi) is 6.67. The number of carbonyl (C=O) groups excluding carboxylic acids is 1. The van der Waals surface area contributed by atoms with Crippen LogP contribution in [0.25, 0.3) is 0 Å². The van der Waals surface area contributed by atoms with Crippen LogP contribution in [0.5, 0.6) is 5.75 Å². The Morgan fingerprint density at radius 1 is 1.00 bits per heavy atom. The van der Waals surface area contributed by atoms with E-state index in [2.05, 4.69) is 10.6 Å². The van der Waals surface area contributed by atoms with Crippen molar-refractivity contribution in [2.45, 2.75) is 57.3 Å². The summed E-state index contributed by atoms with van der Waals surface area (Å²) in [5.41, 5.74) is 1.81. The molecule has 0 aromatic heterocycles. The molecule has 29 heavy (non-hydrogen) atoms. The van der Waals surface area contributed by atoms with Crippen molar-refractivity contribution in [3.63, 3.8) is 0 Å². The molecule has 156 valence electrons. The molecule has 0 atom stereocenters. The molecular formula is C22H25F3N2O2. The monoisotopic (exact) mass is 406 g/mol. The maximum Gasteiger partial charge on any atom is 0.393 e. The minimum absolute atomic E-state index is 0.0531. The first-order chi connectivity index (χ1) is 13.8. The van der Waals surface area contributed by atoms with Crippen molar-refractivity contribution in [2.75, 3.05) is 5.32 Å². The van der Waals surface area contributed by atoms with Crippen LogP contribution < -0.4 is 15.4 Å². The van der Waals surface area contributed by atoms with Gasteiger partial charge >= 0.3 is 12.2 Å². The smallest absolute Gasteiger partial charge is 0.393 e. The van der Waals surface area contributed by atoms with E-state index in [0.717, 1.165) is 31.4 Å². The molecule has 0 radical (unpaired) electrons. The van der Waals surface area contributed by atoms with Crippen molar-refractivity contribution in [1.82, 2.24) is 5.32 Å². The third kappa shape index (κ3) is 7.00. The summed E-state index contributed by atoms with van der Waals surface area (Å²) < 4.78 is 43.2. The number of hydrogen-bond acceptors (Lipinski definition) is 2. The van der Waals surface area contributed by atoms with E-state index in [0.29, 0.717) is 5.69 Å². The first-order valence-electron chi connectivity index (χ1n) is 9.73. The molecule has 4 nitrogen and oxygen atoms in total. The lowest BCUT2D eigenvalue weighted by Crippen LogP contribution is -2.41. The highest BCUT2D eigenvalue weighted by atomic mass is 19.4. The van der Waals surface area contributed by atoms with Crippen LogP contribution in [0.4, 0.5) is 23.7 Å². The first-order valence-corrected chi connectivity index (χ1v) is 9.73.